The fourth-order valence-corrected chi connectivity index (χ4v) is 2.30. The molecule has 0 fully saturated rings. The molecule has 0 aliphatic rings. The Morgan fingerprint density at radius 2 is 2.12 bits per heavy atom. The minimum absolute atomic E-state index is 0.196. The van der Waals surface area contributed by atoms with Crippen molar-refractivity contribution in [3.05, 3.63) is 47.3 Å². The molecule has 0 bridgehead atoms. The molecule has 0 aliphatic heterocycles. The Morgan fingerprint density at radius 1 is 1.42 bits per heavy atom. The van der Waals surface area contributed by atoms with E-state index in [1.807, 2.05) is 0 Å². The number of hydrogen-bond donors (Lipinski definition) is 1. The number of nitrogens with one attached hydrogen (secondary N) is 1. The minimum atomic E-state index is -4.44. The Labute approximate surface area is 137 Å². The van der Waals surface area contributed by atoms with Crippen LogP contribution < -0.4 is 5.32 Å². The maximum Gasteiger partial charge on any atom is 0.416 e. The van der Waals surface area contributed by atoms with E-state index in [0.717, 1.165) is 12.1 Å². The fraction of sp³-hybridized carbons (Fsp3) is 0.375. The van der Waals surface area contributed by atoms with Crippen molar-refractivity contribution in [3.63, 3.8) is 0 Å². The summed E-state index contributed by atoms with van der Waals surface area (Å²) in [7, 11) is 1.53. The minimum Gasteiger partial charge on any atom is -0.383 e. The number of rotatable bonds is 5. The zero-order valence-corrected chi connectivity index (χ0v) is 13.5. The van der Waals surface area contributed by atoms with Crippen molar-refractivity contribution >= 4 is 5.91 Å². The van der Waals surface area contributed by atoms with Crippen LogP contribution in [-0.2, 0) is 10.9 Å². The number of nitrogens with zero attached hydrogens (tertiary/aromatic N) is 2. The summed E-state index contributed by atoms with van der Waals surface area (Å²) in [5.74, 6) is -0.352. The summed E-state index contributed by atoms with van der Waals surface area (Å²) >= 11 is 0. The van der Waals surface area contributed by atoms with Gasteiger partial charge in [0.1, 0.15) is 0 Å². The van der Waals surface area contributed by atoms with Crippen LogP contribution in [0.4, 0.5) is 13.2 Å². The first-order chi connectivity index (χ1) is 11.2. The highest BCUT2D eigenvalue weighted by Crippen LogP contribution is 2.30. The lowest BCUT2D eigenvalue weighted by Gasteiger charge is -2.13. The molecular weight excluding hydrogens is 323 g/mol. The summed E-state index contributed by atoms with van der Waals surface area (Å²) in [5, 5.41) is 6.78. The number of ether oxygens (including phenoxy) is 1. The van der Waals surface area contributed by atoms with E-state index < -0.39 is 11.7 Å². The van der Waals surface area contributed by atoms with E-state index in [0.29, 0.717) is 17.9 Å². The highest BCUT2D eigenvalue weighted by Gasteiger charge is 2.30. The molecule has 0 saturated heterocycles. The molecule has 0 radical (unpaired) electrons. The Bertz CT molecular complexity index is 726. The van der Waals surface area contributed by atoms with Crippen molar-refractivity contribution in [2.75, 3.05) is 13.7 Å². The van der Waals surface area contributed by atoms with E-state index in [2.05, 4.69) is 10.4 Å². The number of aromatic nitrogens is 2. The third-order valence-electron chi connectivity index (χ3n) is 3.47. The van der Waals surface area contributed by atoms with Crippen molar-refractivity contribution in [1.82, 2.24) is 15.1 Å². The molecule has 1 unspecified atom stereocenters. The lowest BCUT2D eigenvalue weighted by Crippen LogP contribution is -2.35. The topological polar surface area (TPSA) is 56.1 Å². The monoisotopic (exact) mass is 341 g/mol. The third-order valence-corrected chi connectivity index (χ3v) is 3.47. The van der Waals surface area contributed by atoms with Crippen LogP contribution in [0.25, 0.3) is 5.69 Å². The molecule has 1 N–H and O–H groups in total. The number of methoxy groups -OCH3 is 1. The van der Waals surface area contributed by atoms with Crippen molar-refractivity contribution in [2.45, 2.75) is 26.1 Å². The van der Waals surface area contributed by atoms with Gasteiger partial charge < -0.3 is 10.1 Å². The van der Waals surface area contributed by atoms with Gasteiger partial charge in [0.15, 0.2) is 0 Å². The summed E-state index contributed by atoms with van der Waals surface area (Å²) in [6.45, 7) is 3.77. The number of alkyl halides is 3. The molecule has 1 aromatic heterocycles. The van der Waals surface area contributed by atoms with Gasteiger partial charge in [0.2, 0.25) is 0 Å². The zero-order valence-electron chi connectivity index (χ0n) is 13.5. The highest BCUT2D eigenvalue weighted by molar-refractivity contribution is 5.95. The molecule has 1 heterocycles. The second-order valence-electron chi connectivity index (χ2n) is 5.43. The number of halogens is 3. The van der Waals surface area contributed by atoms with Gasteiger partial charge in [0.25, 0.3) is 5.91 Å². The first-order valence-corrected chi connectivity index (χ1v) is 7.26. The third kappa shape index (κ3) is 3.94. The van der Waals surface area contributed by atoms with Crippen LogP contribution in [0.2, 0.25) is 0 Å². The summed E-state index contributed by atoms with van der Waals surface area (Å²) in [6.07, 6.45) is -3.10. The van der Waals surface area contributed by atoms with Crippen LogP contribution in [-0.4, -0.2) is 35.4 Å². The van der Waals surface area contributed by atoms with Crippen molar-refractivity contribution < 1.29 is 22.7 Å². The number of benzene rings is 1. The maximum absolute atomic E-state index is 12.8. The molecule has 2 rings (SSSR count). The van der Waals surface area contributed by atoms with Gasteiger partial charge in [-0.15, -0.1) is 0 Å². The molecule has 1 amide bonds. The van der Waals surface area contributed by atoms with Gasteiger partial charge in [0.05, 0.1) is 35.3 Å². The van der Waals surface area contributed by atoms with Gasteiger partial charge in [-0.25, -0.2) is 4.68 Å². The molecule has 1 atom stereocenters. The normalized spacial score (nSPS) is 12.9. The van der Waals surface area contributed by atoms with Crippen LogP contribution >= 0.6 is 0 Å². The van der Waals surface area contributed by atoms with E-state index in [-0.39, 0.29) is 17.6 Å². The standard InChI is InChI=1S/C16H18F3N3O2/c1-10(9-24-3)21-15(23)14-8-20-22(11(14)2)13-6-4-5-12(7-13)16(17,18)19/h4-8,10H,9H2,1-3H3,(H,21,23). The second kappa shape index (κ2) is 7.04. The van der Waals surface area contributed by atoms with E-state index in [1.165, 1.54) is 30.1 Å². The van der Waals surface area contributed by atoms with Crippen LogP contribution in [0, 0.1) is 6.92 Å². The van der Waals surface area contributed by atoms with Gasteiger partial charge in [-0.1, -0.05) is 6.07 Å². The van der Waals surface area contributed by atoms with Crippen LogP contribution in [0.1, 0.15) is 28.5 Å². The largest absolute Gasteiger partial charge is 0.416 e. The Kier molecular flexibility index (Phi) is 5.28. The molecule has 130 valence electrons. The van der Waals surface area contributed by atoms with Crippen LogP contribution in [0.15, 0.2) is 30.5 Å². The average molecular weight is 341 g/mol. The van der Waals surface area contributed by atoms with E-state index in [9.17, 15) is 18.0 Å². The number of carbonyl (C=O) groups is 1. The molecule has 24 heavy (non-hydrogen) atoms. The molecule has 2 aromatic rings. The first-order valence-electron chi connectivity index (χ1n) is 7.26. The summed E-state index contributed by atoms with van der Waals surface area (Å²) < 4.78 is 44.7. The van der Waals surface area contributed by atoms with Crippen LogP contribution in [0.3, 0.4) is 0 Å². The lowest BCUT2D eigenvalue weighted by molar-refractivity contribution is -0.137. The summed E-state index contributed by atoms with van der Waals surface area (Å²) in [6, 6.07) is 4.60. The quantitative estimate of drug-likeness (QED) is 0.910. The van der Waals surface area contributed by atoms with Gasteiger partial charge in [-0.2, -0.15) is 18.3 Å². The lowest BCUT2D eigenvalue weighted by atomic mass is 10.2. The Hall–Kier alpha value is -2.35. The fourth-order valence-electron chi connectivity index (χ4n) is 2.30. The number of amides is 1. The highest BCUT2D eigenvalue weighted by atomic mass is 19.4. The van der Waals surface area contributed by atoms with Gasteiger partial charge in [0, 0.05) is 13.2 Å². The van der Waals surface area contributed by atoms with E-state index >= 15 is 0 Å². The predicted octanol–water partition coefficient (Wildman–Crippen LogP) is 2.96. The van der Waals surface area contributed by atoms with Crippen LogP contribution in [0.5, 0.6) is 0 Å². The van der Waals surface area contributed by atoms with Crippen molar-refractivity contribution in [2.24, 2.45) is 0 Å². The van der Waals surface area contributed by atoms with E-state index in [4.69, 9.17) is 4.74 Å². The Balaban J connectivity index is 2.29. The van der Waals surface area contributed by atoms with E-state index in [1.54, 1.807) is 13.8 Å². The SMILES string of the molecule is COCC(C)NC(=O)c1cnn(-c2cccc(C(F)(F)F)c2)c1C. The maximum atomic E-state index is 12.8. The second-order valence-corrected chi connectivity index (χ2v) is 5.43. The van der Waals surface area contributed by atoms with Crippen molar-refractivity contribution in [3.8, 4) is 5.69 Å². The zero-order chi connectivity index (χ0) is 17.9. The van der Waals surface area contributed by atoms with Gasteiger partial charge in [-0.05, 0) is 32.0 Å². The first kappa shape index (κ1) is 18.0. The predicted molar refractivity (Wildman–Crippen MR) is 82.1 cm³/mol. The Morgan fingerprint density at radius 3 is 2.75 bits per heavy atom. The molecule has 0 saturated carbocycles. The molecule has 0 aliphatic carbocycles. The number of carbonyl (C=O) groups excluding carboxylic acids is 1. The molecule has 5 nitrogen and oxygen atoms in total. The smallest absolute Gasteiger partial charge is 0.383 e. The number of hydrogen-bond acceptors (Lipinski definition) is 3. The molecule has 0 spiro atoms. The molecule has 1 aromatic carbocycles. The van der Waals surface area contributed by atoms with Gasteiger partial charge in [-0.3, -0.25) is 4.79 Å². The van der Waals surface area contributed by atoms with Crippen molar-refractivity contribution in [1.29, 1.82) is 0 Å². The summed E-state index contributed by atoms with van der Waals surface area (Å²) in [5.41, 5.74) is 0.229. The average Bonchev–Trinajstić information content (AvgIpc) is 2.88. The molecule has 8 heteroatoms. The van der Waals surface area contributed by atoms with Gasteiger partial charge >= 0.3 is 6.18 Å². The summed E-state index contributed by atoms with van der Waals surface area (Å²) in [4.78, 5) is 12.2. The molecular formula is C16H18F3N3O2.